The van der Waals surface area contributed by atoms with E-state index in [9.17, 15) is 9.59 Å². The maximum Gasteiger partial charge on any atom is 0.355 e. The Morgan fingerprint density at radius 3 is 2.43 bits per heavy atom. The quantitative estimate of drug-likeness (QED) is 0.735. The molecule has 0 aliphatic carbocycles. The van der Waals surface area contributed by atoms with E-state index in [0.29, 0.717) is 5.69 Å². The smallest absolute Gasteiger partial charge is 0.355 e. The molecule has 0 spiro atoms. The first kappa shape index (κ1) is 19.4. The van der Waals surface area contributed by atoms with Crippen LogP contribution < -0.4 is 9.64 Å². The first-order valence-electron chi connectivity index (χ1n) is 8.59. The standard InChI is InChI=1S/C21H21NO6/c1-25-18-10-5-4-9-16(18)14-7-6-8-15(11-14)22-13-28-12-17(20(23)26-2)19(22)21(24)27-3/h4-11H,12-13H2,1-3H3. The number of benzene rings is 2. The van der Waals surface area contributed by atoms with Crippen molar-refractivity contribution < 1.29 is 28.5 Å². The van der Waals surface area contributed by atoms with Crippen molar-refractivity contribution in [3.05, 3.63) is 59.8 Å². The second-order valence-electron chi connectivity index (χ2n) is 5.97. The fourth-order valence-corrected chi connectivity index (χ4v) is 3.07. The number of carbonyl (C=O) groups is 2. The van der Waals surface area contributed by atoms with E-state index in [4.69, 9.17) is 18.9 Å². The molecule has 0 amide bonds. The van der Waals surface area contributed by atoms with Crippen molar-refractivity contribution in [3.8, 4) is 16.9 Å². The molecule has 1 heterocycles. The topological polar surface area (TPSA) is 74.3 Å². The lowest BCUT2D eigenvalue weighted by Crippen LogP contribution is -2.38. The van der Waals surface area contributed by atoms with E-state index in [1.165, 1.54) is 14.2 Å². The van der Waals surface area contributed by atoms with Gasteiger partial charge in [0.25, 0.3) is 0 Å². The molecule has 0 N–H and O–H groups in total. The average molecular weight is 383 g/mol. The number of hydrogen-bond donors (Lipinski definition) is 0. The molecule has 3 rings (SSSR count). The zero-order valence-corrected chi connectivity index (χ0v) is 15.9. The van der Waals surface area contributed by atoms with E-state index >= 15 is 0 Å². The zero-order chi connectivity index (χ0) is 20.1. The number of anilines is 1. The van der Waals surface area contributed by atoms with E-state index in [2.05, 4.69) is 0 Å². The Morgan fingerprint density at radius 1 is 0.964 bits per heavy atom. The van der Waals surface area contributed by atoms with E-state index in [-0.39, 0.29) is 24.6 Å². The third-order valence-corrected chi connectivity index (χ3v) is 4.41. The Kier molecular flexibility index (Phi) is 5.96. The van der Waals surface area contributed by atoms with Crippen molar-refractivity contribution in [1.29, 1.82) is 0 Å². The summed E-state index contributed by atoms with van der Waals surface area (Å²) in [5.41, 5.74) is 2.69. The van der Waals surface area contributed by atoms with E-state index in [1.807, 2.05) is 48.5 Å². The van der Waals surface area contributed by atoms with E-state index < -0.39 is 11.9 Å². The number of hydrogen-bond acceptors (Lipinski definition) is 7. The summed E-state index contributed by atoms with van der Waals surface area (Å²) in [6.07, 6.45) is 0. The highest BCUT2D eigenvalue weighted by Gasteiger charge is 2.32. The SMILES string of the molecule is COC(=O)C1=C(C(=O)OC)N(c2cccc(-c3ccccc3OC)c2)COC1. The first-order valence-corrected chi connectivity index (χ1v) is 8.59. The number of nitrogens with zero attached hydrogens (tertiary/aromatic N) is 1. The van der Waals surface area contributed by atoms with Gasteiger partial charge in [0.05, 0.1) is 33.5 Å². The Hall–Kier alpha value is -3.32. The molecule has 146 valence electrons. The van der Waals surface area contributed by atoms with Crippen molar-refractivity contribution in [2.75, 3.05) is 39.6 Å². The first-order chi connectivity index (χ1) is 13.6. The fourth-order valence-electron chi connectivity index (χ4n) is 3.07. The second kappa shape index (κ2) is 8.58. The summed E-state index contributed by atoms with van der Waals surface area (Å²) in [5.74, 6) is -0.536. The summed E-state index contributed by atoms with van der Waals surface area (Å²) >= 11 is 0. The van der Waals surface area contributed by atoms with Crippen LogP contribution in [0.3, 0.4) is 0 Å². The number of methoxy groups -OCH3 is 3. The molecule has 28 heavy (non-hydrogen) atoms. The van der Waals surface area contributed by atoms with Crippen LogP contribution in [-0.4, -0.2) is 46.6 Å². The summed E-state index contributed by atoms with van der Waals surface area (Å²) in [4.78, 5) is 26.2. The number of carbonyl (C=O) groups excluding carboxylic acids is 2. The predicted molar refractivity (Wildman–Crippen MR) is 103 cm³/mol. The van der Waals surface area contributed by atoms with Crippen molar-refractivity contribution in [1.82, 2.24) is 0 Å². The summed E-state index contributed by atoms with van der Waals surface area (Å²) < 4.78 is 20.7. The van der Waals surface area contributed by atoms with Gasteiger partial charge in [-0.15, -0.1) is 0 Å². The summed E-state index contributed by atoms with van der Waals surface area (Å²) in [5, 5.41) is 0. The second-order valence-corrected chi connectivity index (χ2v) is 5.97. The van der Waals surface area contributed by atoms with Crippen molar-refractivity contribution in [2.24, 2.45) is 0 Å². The molecule has 0 aromatic heterocycles. The molecule has 0 atom stereocenters. The van der Waals surface area contributed by atoms with E-state index in [0.717, 1.165) is 16.9 Å². The molecular weight excluding hydrogens is 362 g/mol. The van der Waals surface area contributed by atoms with Crippen molar-refractivity contribution >= 4 is 17.6 Å². The van der Waals surface area contributed by atoms with Gasteiger partial charge in [-0.3, -0.25) is 0 Å². The van der Waals surface area contributed by atoms with Crippen LogP contribution in [0.1, 0.15) is 0 Å². The Bertz CT molecular complexity index is 921. The van der Waals surface area contributed by atoms with Gasteiger partial charge >= 0.3 is 11.9 Å². The van der Waals surface area contributed by atoms with Gasteiger partial charge in [-0.05, 0) is 23.8 Å². The maximum absolute atomic E-state index is 12.4. The minimum Gasteiger partial charge on any atom is -0.496 e. The summed E-state index contributed by atoms with van der Waals surface area (Å²) in [6, 6.07) is 15.2. The maximum atomic E-state index is 12.4. The third-order valence-electron chi connectivity index (χ3n) is 4.41. The summed E-state index contributed by atoms with van der Waals surface area (Å²) in [7, 11) is 4.14. The lowest BCUT2D eigenvalue weighted by molar-refractivity contribution is -0.140. The minimum atomic E-state index is -0.633. The molecule has 7 nitrogen and oxygen atoms in total. The third kappa shape index (κ3) is 3.70. The van der Waals surface area contributed by atoms with Crippen molar-refractivity contribution in [3.63, 3.8) is 0 Å². The van der Waals surface area contributed by atoms with Gasteiger partial charge in [-0.25, -0.2) is 9.59 Å². The van der Waals surface area contributed by atoms with Gasteiger partial charge in [-0.1, -0.05) is 30.3 Å². The largest absolute Gasteiger partial charge is 0.496 e. The molecule has 0 unspecified atom stereocenters. The monoisotopic (exact) mass is 383 g/mol. The van der Waals surface area contributed by atoms with Gasteiger partial charge in [-0.2, -0.15) is 0 Å². The number of rotatable bonds is 5. The van der Waals surface area contributed by atoms with Crippen molar-refractivity contribution in [2.45, 2.75) is 0 Å². The van der Waals surface area contributed by atoms with Crippen LogP contribution in [0.25, 0.3) is 11.1 Å². The molecule has 0 bridgehead atoms. The molecule has 2 aromatic carbocycles. The highest BCUT2D eigenvalue weighted by Crippen LogP contribution is 2.34. The van der Waals surface area contributed by atoms with Gasteiger partial charge in [0, 0.05) is 11.3 Å². The molecule has 1 aliphatic heterocycles. The average Bonchev–Trinajstić information content (AvgIpc) is 2.77. The van der Waals surface area contributed by atoms with Crippen LogP contribution in [0.4, 0.5) is 5.69 Å². The molecule has 0 saturated heterocycles. The van der Waals surface area contributed by atoms with Gasteiger partial charge < -0.3 is 23.8 Å². The Morgan fingerprint density at radius 2 is 1.71 bits per heavy atom. The highest BCUT2D eigenvalue weighted by atomic mass is 16.5. The number of ether oxygens (including phenoxy) is 4. The number of para-hydroxylation sites is 1. The highest BCUT2D eigenvalue weighted by molar-refractivity contribution is 6.03. The molecule has 2 aromatic rings. The van der Waals surface area contributed by atoms with Crippen LogP contribution >= 0.6 is 0 Å². The van der Waals surface area contributed by atoms with Crippen LogP contribution in [0, 0.1) is 0 Å². The lowest BCUT2D eigenvalue weighted by Gasteiger charge is -2.31. The molecule has 7 heteroatoms. The summed E-state index contributed by atoms with van der Waals surface area (Å²) in [6.45, 7) is 0.0696. The van der Waals surface area contributed by atoms with Crippen LogP contribution in [0.15, 0.2) is 59.8 Å². The number of esters is 2. The lowest BCUT2D eigenvalue weighted by atomic mass is 10.0. The van der Waals surface area contributed by atoms with Crippen LogP contribution in [0.2, 0.25) is 0 Å². The fraction of sp³-hybridized carbons (Fsp3) is 0.238. The predicted octanol–water partition coefficient (Wildman–Crippen LogP) is 2.76. The molecule has 0 fully saturated rings. The molecule has 1 aliphatic rings. The molecule has 0 radical (unpaired) electrons. The van der Waals surface area contributed by atoms with Gasteiger partial charge in [0.1, 0.15) is 18.2 Å². The Labute approximate surface area is 163 Å². The van der Waals surface area contributed by atoms with Gasteiger partial charge in [0.2, 0.25) is 0 Å². The molecular formula is C21H21NO6. The van der Waals surface area contributed by atoms with Crippen LogP contribution in [0.5, 0.6) is 5.75 Å². The van der Waals surface area contributed by atoms with Crippen LogP contribution in [-0.2, 0) is 23.8 Å². The minimum absolute atomic E-state index is 0.0280. The molecule has 0 saturated carbocycles. The van der Waals surface area contributed by atoms with Gasteiger partial charge in [0.15, 0.2) is 0 Å². The normalized spacial score (nSPS) is 13.9. The Balaban J connectivity index is 2.09. The van der Waals surface area contributed by atoms with E-state index in [1.54, 1.807) is 12.0 Å². The zero-order valence-electron chi connectivity index (χ0n) is 15.9.